The van der Waals surface area contributed by atoms with Crippen LogP contribution < -0.4 is 5.32 Å². The second-order valence-corrected chi connectivity index (χ2v) is 7.41. The Morgan fingerprint density at radius 3 is 2.54 bits per heavy atom. The van der Waals surface area contributed by atoms with Crippen molar-refractivity contribution in [3.05, 3.63) is 47.3 Å². The Labute approximate surface area is 153 Å². The molecule has 0 saturated carbocycles. The van der Waals surface area contributed by atoms with E-state index in [2.05, 4.69) is 22.2 Å². The second-order valence-electron chi connectivity index (χ2n) is 7.41. The third kappa shape index (κ3) is 3.53. The molecule has 1 atom stereocenters. The van der Waals surface area contributed by atoms with Gasteiger partial charge in [0.05, 0.1) is 11.9 Å². The Morgan fingerprint density at radius 2 is 1.85 bits per heavy atom. The molecule has 1 aromatic heterocycles. The van der Waals surface area contributed by atoms with Crippen molar-refractivity contribution in [1.82, 2.24) is 20.0 Å². The summed E-state index contributed by atoms with van der Waals surface area (Å²) >= 11 is 0. The minimum absolute atomic E-state index is 0.282. The Hall–Kier alpha value is -1.79. The first-order chi connectivity index (χ1) is 12.6. The van der Waals surface area contributed by atoms with Gasteiger partial charge >= 0.3 is 0 Å². The fraction of sp³-hybridized carbons (Fsp3) is 0.550. The van der Waals surface area contributed by atoms with Crippen LogP contribution in [0.2, 0.25) is 0 Å². The lowest BCUT2D eigenvalue weighted by Crippen LogP contribution is -2.44. The van der Waals surface area contributed by atoms with E-state index in [1.807, 2.05) is 6.20 Å². The SMILES string of the molecule is CCN1CCC(N[C@@H]2CCCc3c2cnn3-c2cc(F)cc(F)c2)CC1. The summed E-state index contributed by atoms with van der Waals surface area (Å²) in [7, 11) is 0. The summed E-state index contributed by atoms with van der Waals surface area (Å²) < 4.78 is 28.9. The minimum atomic E-state index is -0.572. The largest absolute Gasteiger partial charge is 0.307 e. The van der Waals surface area contributed by atoms with Gasteiger partial charge in [-0.2, -0.15) is 5.10 Å². The first-order valence-electron chi connectivity index (χ1n) is 9.65. The predicted octanol–water partition coefficient (Wildman–Crippen LogP) is 3.60. The molecule has 140 valence electrons. The molecule has 26 heavy (non-hydrogen) atoms. The summed E-state index contributed by atoms with van der Waals surface area (Å²) in [5.74, 6) is -1.14. The maximum atomic E-state index is 13.6. The highest BCUT2D eigenvalue weighted by Crippen LogP contribution is 2.32. The summed E-state index contributed by atoms with van der Waals surface area (Å²) in [6.07, 6.45) is 7.24. The van der Waals surface area contributed by atoms with E-state index < -0.39 is 11.6 Å². The van der Waals surface area contributed by atoms with Crippen LogP contribution >= 0.6 is 0 Å². The third-order valence-electron chi connectivity index (χ3n) is 5.75. The molecule has 0 unspecified atom stereocenters. The number of likely N-dealkylation sites (tertiary alicyclic amines) is 1. The lowest BCUT2D eigenvalue weighted by molar-refractivity contribution is 0.196. The van der Waals surface area contributed by atoms with Crippen molar-refractivity contribution in [1.29, 1.82) is 0 Å². The van der Waals surface area contributed by atoms with Gasteiger partial charge in [0, 0.05) is 29.4 Å². The van der Waals surface area contributed by atoms with Gasteiger partial charge in [-0.1, -0.05) is 6.92 Å². The fourth-order valence-corrected chi connectivity index (χ4v) is 4.31. The number of nitrogens with one attached hydrogen (secondary N) is 1. The molecule has 1 fully saturated rings. The Morgan fingerprint density at radius 1 is 1.12 bits per heavy atom. The predicted molar refractivity (Wildman–Crippen MR) is 97.4 cm³/mol. The molecular weight excluding hydrogens is 334 g/mol. The van der Waals surface area contributed by atoms with Crippen molar-refractivity contribution in [3.8, 4) is 5.69 Å². The van der Waals surface area contributed by atoms with Gasteiger partial charge in [-0.3, -0.25) is 0 Å². The van der Waals surface area contributed by atoms with Gasteiger partial charge in [-0.25, -0.2) is 13.5 Å². The molecule has 1 N–H and O–H groups in total. The van der Waals surface area contributed by atoms with Crippen LogP contribution in [0, 0.1) is 11.6 Å². The van der Waals surface area contributed by atoms with E-state index in [4.69, 9.17) is 0 Å². The standard InChI is InChI=1S/C20H26F2N4/c1-2-25-8-6-16(7-9-25)24-19-4-3-5-20-18(19)13-23-26(20)17-11-14(21)10-15(22)12-17/h10-13,16,19,24H,2-9H2,1H3/t19-/m1/s1. The molecular formula is C20H26F2N4. The average molecular weight is 360 g/mol. The van der Waals surface area contributed by atoms with E-state index in [-0.39, 0.29) is 6.04 Å². The number of aromatic nitrogens is 2. The maximum absolute atomic E-state index is 13.6. The number of benzene rings is 1. The number of hydrogen-bond donors (Lipinski definition) is 1. The van der Waals surface area contributed by atoms with Crippen molar-refractivity contribution in [2.45, 2.75) is 51.1 Å². The monoisotopic (exact) mass is 360 g/mol. The minimum Gasteiger partial charge on any atom is -0.307 e. The van der Waals surface area contributed by atoms with Crippen molar-refractivity contribution >= 4 is 0 Å². The Bertz CT molecular complexity index is 745. The van der Waals surface area contributed by atoms with Gasteiger partial charge in [-0.05, 0) is 63.9 Å². The number of fused-ring (bicyclic) bond motifs is 1. The lowest BCUT2D eigenvalue weighted by Gasteiger charge is -2.35. The molecule has 2 heterocycles. The van der Waals surface area contributed by atoms with E-state index >= 15 is 0 Å². The number of rotatable bonds is 4. The van der Waals surface area contributed by atoms with Crippen LogP contribution in [0.1, 0.15) is 49.9 Å². The van der Waals surface area contributed by atoms with Gasteiger partial charge in [0.15, 0.2) is 0 Å². The van der Waals surface area contributed by atoms with Crippen LogP contribution in [0.3, 0.4) is 0 Å². The highest BCUT2D eigenvalue weighted by molar-refractivity contribution is 5.38. The molecule has 6 heteroatoms. The van der Waals surface area contributed by atoms with E-state index in [0.717, 1.165) is 50.7 Å². The highest BCUT2D eigenvalue weighted by atomic mass is 19.1. The molecule has 0 amide bonds. The van der Waals surface area contributed by atoms with Crippen molar-refractivity contribution in [3.63, 3.8) is 0 Å². The van der Waals surface area contributed by atoms with Crippen LogP contribution in [0.5, 0.6) is 0 Å². The number of nitrogens with zero attached hydrogens (tertiary/aromatic N) is 3. The quantitative estimate of drug-likeness (QED) is 0.904. The average Bonchev–Trinajstić information content (AvgIpc) is 3.07. The van der Waals surface area contributed by atoms with E-state index in [1.165, 1.54) is 30.5 Å². The van der Waals surface area contributed by atoms with Crippen molar-refractivity contribution < 1.29 is 8.78 Å². The van der Waals surface area contributed by atoms with E-state index in [9.17, 15) is 8.78 Å². The van der Waals surface area contributed by atoms with Gasteiger partial charge in [0.25, 0.3) is 0 Å². The zero-order valence-electron chi connectivity index (χ0n) is 15.2. The summed E-state index contributed by atoms with van der Waals surface area (Å²) in [6.45, 7) is 5.63. The molecule has 1 aromatic carbocycles. The molecule has 2 aromatic rings. The zero-order valence-corrected chi connectivity index (χ0v) is 15.2. The molecule has 4 rings (SSSR count). The number of piperidine rings is 1. The molecule has 0 spiro atoms. The van der Waals surface area contributed by atoms with Gasteiger partial charge in [0.2, 0.25) is 0 Å². The van der Waals surface area contributed by atoms with Gasteiger partial charge in [0.1, 0.15) is 11.6 Å². The van der Waals surface area contributed by atoms with Crippen LogP contribution in [-0.2, 0) is 6.42 Å². The molecule has 1 aliphatic carbocycles. The normalized spacial score (nSPS) is 21.7. The molecule has 0 radical (unpaired) electrons. The summed E-state index contributed by atoms with van der Waals surface area (Å²) in [4.78, 5) is 2.49. The first kappa shape index (κ1) is 17.6. The lowest BCUT2D eigenvalue weighted by atomic mass is 9.91. The summed E-state index contributed by atoms with van der Waals surface area (Å²) in [5, 5.41) is 8.27. The highest BCUT2D eigenvalue weighted by Gasteiger charge is 2.28. The van der Waals surface area contributed by atoms with E-state index in [0.29, 0.717) is 11.7 Å². The molecule has 4 nitrogen and oxygen atoms in total. The molecule has 0 bridgehead atoms. The van der Waals surface area contributed by atoms with Crippen molar-refractivity contribution in [2.75, 3.05) is 19.6 Å². The smallest absolute Gasteiger partial charge is 0.128 e. The first-order valence-corrected chi connectivity index (χ1v) is 9.65. The number of hydrogen-bond acceptors (Lipinski definition) is 3. The van der Waals surface area contributed by atoms with Gasteiger partial charge in [-0.15, -0.1) is 0 Å². The molecule has 2 aliphatic rings. The van der Waals surface area contributed by atoms with Crippen LogP contribution in [0.25, 0.3) is 5.69 Å². The Balaban J connectivity index is 1.53. The third-order valence-corrected chi connectivity index (χ3v) is 5.75. The topological polar surface area (TPSA) is 33.1 Å². The molecule has 1 aliphatic heterocycles. The second kappa shape index (κ2) is 7.45. The summed E-state index contributed by atoms with van der Waals surface area (Å²) in [6, 6.07) is 4.39. The van der Waals surface area contributed by atoms with Gasteiger partial charge < -0.3 is 10.2 Å². The number of halogens is 2. The molecule has 1 saturated heterocycles. The van der Waals surface area contributed by atoms with E-state index in [1.54, 1.807) is 4.68 Å². The van der Waals surface area contributed by atoms with Crippen LogP contribution in [0.15, 0.2) is 24.4 Å². The summed E-state index contributed by atoms with van der Waals surface area (Å²) in [5.41, 5.74) is 2.71. The van der Waals surface area contributed by atoms with Crippen LogP contribution in [-0.4, -0.2) is 40.4 Å². The Kier molecular flexibility index (Phi) is 5.05. The zero-order chi connectivity index (χ0) is 18.1. The van der Waals surface area contributed by atoms with Crippen LogP contribution in [0.4, 0.5) is 8.78 Å². The fourth-order valence-electron chi connectivity index (χ4n) is 4.31. The van der Waals surface area contributed by atoms with Crippen molar-refractivity contribution in [2.24, 2.45) is 0 Å². The maximum Gasteiger partial charge on any atom is 0.128 e.